The van der Waals surface area contributed by atoms with Crippen molar-refractivity contribution in [3.05, 3.63) is 19.6 Å². The van der Waals surface area contributed by atoms with Crippen molar-refractivity contribution in [3.63, 3.8) is 0 Å². The summed E-state index contributed by atoms with van der Waals surface area (Å²) in [4.78, 5) is 3.63. The monoisotopic (exact) mass is 201 g/mol. The Bertz CT molecular complexity index is 130. The standard InChI is InChI=1S/C4H5N2O.CH3.Y/c1-2-4-5-3-6-7-4;;/h2H2,1H3;1H3;/q2*-1;. The minimum absolute atomic E-state index is 0. The summed E-state index contributed by atoms with van der Waals surface area (Å²) in [5.41, 5.74) is 0. The van der Waals surface area contributed by atoms with Crippen molar-refractivity contribution in [2.75, 3.05) is 0 Å². The zero-order valence-corrected chi connectivity index (χ0v) is 8.43. The summed E-state index contributed by atoms with van der Waals surface area (Å²) < 4.78 is 4.57. The Morgan fingerprint density at radius 1 is 1.67 bits per heavy atom. The molecule has 0 aliphatic rings. The van der Waals surface area contributed by atoms with Gasteiger partial charge in [-0.05, 0) is 12.7 Å². The van der Waals surface area contributed by atoms with Crippen LogP contribution in [0.15, 0.2) is 4.52 Å². The maximum atomic E-state index is 4.57. The van der Waals surface area contributed by atoms with E-state index in [1.807, 2.05) is 6.92 Å². The average Bonchev–Trinajstić information content (AvgIpc) is 2.14. The third-order valence-corrected chi connectivity index (χ3v) is 0.669. The second-order valence-electron chi connectivity index (χ2n) is 1.14. The molecule has 4 heteroatoms. The van der Waals surface area contributed by atoms with Gasteiger partial charge in [0.25, 0.3) is 0 Å². The topological polar surface area (TPSA) is 38.9 Å². The van der Waals surface area contributed by atoms with Crippen LogP contribution in [0.1, 0.15) is 12.8 Å². The van der Waals surface area contributed by atoms with Crippen LogP contribution in [0.3, 0.4) is 0 Å². The molecule has 0 bridgehead atoms. The molecule has 0 unspecified atom stereocenters. The molecule has 0 spiro atoms. The van der Waals surface area contributed by atoms with Crippen LogP contribution in [0.2, 0.25) is 0 Å². The molecule has 0 aromatic carbocycles. The molecule has 0 aliphatic carbocycles. The van der Waals surface area contributed by atoms with Gasteiger partial charge in [0.15, 0.2) is 0 Å². The number of rotatable bonds is 1. The molecule has 0 atom stereocenters. The molecule has 0 N–H and O–H groups in total. The van der Waals surface area contributed by atoms with Crippen LogP contribution >= 0.6 is 0 Å². The van der Waals surface area contributed by atoms with Crippen LogP contribution in [0.25, 0.3) is 0 Å². The molecule has 0 saturated heterocycles. The minimum Gasteiger partial charge on any atom is -0.450 e. The molecular weight excluding hydrogens is 193 g/mol. The molecule has 3 nitrogen and oxygen atoms in total. The van der Waals surface area contributed by atoms with E-state index in [2.05, 4.69) is 21.0 Å². The van der Waals surface area contributed by atoms with Gasteiger partial charge in [-0.15, -0.1) is 0 Å². The molecule has 49 valence electrons. The van der Waals surface area contributed by atoms with Crippen molar-refractivity contribution in [1.82, 2.24) is 10.1 Å². The minimum atomic E-state index is 0. The number of nitrogens with zero attached hydrogens (tertiary/aromatic N) is 2. The first-order valence-electron chi connectivity index (χ1n) is 2.12. The second-order valence-corrected chi connectivity index (χ2v) is 1.14. The fourth-order valence-corrected chi connectivity index (χ4v) is 0.313. The second kappa shape index (κ2) is 6.37. The molecule has 1 rings (SSSR count). The molecule has 1 radical (unpaired) electrons. The van der Waals surface area contributed by atoms with Crippen LogP contribution in [0, 0.1) is 13.8 Å². The van der Waals surface area contributed by atoms with Crippen LogP contribution in [0.5, 0.6) is 0 Å². The van der Waals surface area contributed by atoms with Gasteiger partial charge in [-0.25, -0.2) is 0 Å². The molecule has 0 amide bonds. The van der Waals surface area contributed by atoms with E-state index >= 15 is 0 Å². The number of aromatic nitrogens is 2. The van der Waals surface area contributed by atoms with Crippen LogP contribution in [0.4, 0.5) is 0 Å². The fourth-order valence-electron chi connectivity index (χ4n) is 0.313. The smallest absolute Gasteiger partial charge is 0.0673 e. The summed E-state index contributed by atoms with van der Waals surface area (Å²) in [6, 6.07) is 0. The first kappa shape index (κ1) is 12.0. The van der Waals surface area contributed by atoms with E-state index in [1.165, 1.54) is 0 Å². The molecular formula is C5H8N2OY-2. The summed E-state index contributed by atoms with van der Waals surface area (Å²) in [7, 11) is 0. The Hall–Kier alpha value is 0.244. The van der Waals surface area contributed by atoms with Crippen LogP contribution < -0.4 is 0 Å². The van der Waals surface area contributed by atoms with Gasteiger partial charge in [0.2, 0.25) is 0 Å². The van der Waals surface area contributed by atoms with Crippen molar-refractivity contribution in [3.8, 4) is 0 Å². The van der Waals surface area contributed by atoms with E-state index < -0.39 is 0 Å². The molecule has 1 heterocycles. The van der Waals surface area contributed by atoms with Crippen molar-refractivity contribution in [2.45, 2.75) is 13.3 Å². The maximum Gasteiger partial charge on any atom is 0.0673 e. The van der Waals surface area contributed by atoms with Crippen molar-refractivity contribution < 1.29 is 37.2 Å². The molecule has 0 aliphatic heterocycles. The van der Waals surface area contributed by atoms with Crippen LogP contribution in [-0.2, 0) is 39.1 Å². The quantitative estimate of drug-likeness (QED) is 0.633. The Balaban J connectivity index is 0. The zero-order chi connectivity index (χ0) is 5.11. The van der Waals surface area contributed by atoms with Crippen molar-refractivity contribution in [2.24, 2.45) is 0 Å². The summed E-state index contributed by atoms with van der Waals surface area (Å²) >= 11 is 0. The summed E-state index contributed by atoms with van der Waals surface area (Å²) in [6.07, 6.45) is 3.10. The van der Waals surface area contributed by atoms with E-state index in [4.69, 9.17) is 0 Å². The summed E-state index contributed by atoms with van der Waals surface area (Å²) in [6.45, 7) is 1.95. The zero-order valence-electron chi connectivity index (χ0n) is 5.59. The number of aryl methyl sites for hydroxylation is 1. The fraction of sp³-hybridized carbons (Fsp3) is 0.400. The van der Waals surface area contributed by atoms with E-state index in [0.717, 1.165) is 6.42 Å². The van der Waals surface area contributed by atoms with Gasteiger partial charge in [0.05, 0.1) is 5.89 Å². The predicted octanol–water partition coefficient (Wildman–Crippen LogP) is 0.880. The first-order valence-corrected chi connectivity index (χ1v) is 2.12. The molecule has 9 heavy (non-hydrogen) atoms. The Morgan fingerprint density at radius 3 is 2.56 bits per heavy atom. The van der Waals surface area contributed by atoms with Gasteiger partial charge >= 0.3 is 0 Å². The van der Waals surface area contributed by atoms with E-state index in [9.17, 15) is 0 Å². The van der Waals surface area contributed by atoms with E-state index in [1.54, 1.807) is 0 Å². The average molecular weight is 201 g/mol. The number of hydrogen-bond acceptors (Lipinski definition) is 3. The molecule has 1 aromatic heterocycles. The van der Waals surface area contributed by atoms with Gasteiger partial charge < -0.3 is 16.9 Å². The largest absolute Gasteiger partial charge is 0.450 e. The van der Waals surface area contributed by atoms with Gasteiger partial charge in [-0.2, -0.15) is 5.16 Å². The SMILES string of the molecule is CCc1n[c-]no1.[CH3-].[Y]. The summed E-state index contributed by atoms with van der Waals surface area (Å²) in [5.74, 6) is 0.639. The van der Waals surface area contributed by atoms with Crippen molar-refractivity contribution >= 4 is 0 Å². The molecule has 1 aromatic rings. The van der Waals surface area contributed by atoms with Gasteiger partial charge in [0.1, 0.15) is 0 Å². The number of hydrogen-bond donors (Lipinski definition) is 0. The Morgan fingerprint density at radius 2 is 2.33 bits per heavy atom. The van der Waals surface area contributed by atoms with Gasteiger partial charge in [-0.1, -0.05) is 6.92 Å². The first-order chi connectivity index (χ1) is 3.43. The third-order valence-electron chi connectivity index (χ3n) is 0.669. The third kappa shape index (κ3) is 3.76. The van der Waals surface area contributed by atoms with E-state index in [0.29, 0.717) is 5.89 Å². The summed E-state index contributed by atoms with van der Waals surface area (Å²) in [5, 5.41) is 3.28. The Kier molecular flexibility index (Phi) is 8.47. The normalized spacial score (nSPS) is 7.22. The Labute approximate surface area is 80.1 Å². The van der Waals surface area contributed by atoms with Crippen LogP contribution in [-0.4, -0.2) is 10.1 Å². The van der Waals surface area contributed by atoms with Crippen molar-refractivity contribution in [1.29, 1.82) is 0 Å². The van der Waals surface area contributed by atoms with E-state index in [-0.39, 0.29) is 40.1 Å². The van der Waals surface area contributed by atoms with Gasteiger partial charge in [-0.3, -0.25) is 0 Å². The molecule has 0 saturated carbocycles. The predicted molar refractivity (Wildman–Crippen MR) is 28.9 cm³/mol. The molecule has 0 fully saturated rings. The maximum absolute atomic E-state index is 4.57. The van der Waals surface area contributed by atoms with Gasteiger partial charge in [0, 0.05) is 32.7 Å².